The molecule has 0 radical (unpaired) electrons. The molecule has 0 unspecified atom stereocenters. The van der Waals surface area contributed by atoms with Gasteiger partial charge in [0.25, 0.3) is 5.91 Å². The van der Waals surface area contributed by atoms with Crippen molar-refractivity contribution in [2.24, 2.45) is 0 Å². The highest BCUT2D eigenvalue weighted by molar-refractivity contribution is 9.11. The molecule has 1 aromatic heterocycles. The van der Waals surface area contributed by atoms with E-state index < -0.39 is 0 Å². The van der Waals surface area contributed by atoms with Gasteiger partial charge in [-0.2, -0.15) is 0 Å². The first kappa shape index (κ1) is 12.7. The molecule has 0 atom stereocenters. The van der Waals surface area contributed by atoms with Gasteiger partial charge in [0.2, 0.25) is 5.88 Å². The van der Waals surface area contributed by atoms with Gasteiger partial charge in [-0.25, -0.2) is 4.98 Å². The summed E-state index contributed by atoms with van der Waals surface area (Å²) < 4.78 is 5.97. The Morgan fingerprint density at radius 2 is 2.44 bits per heavy atom. The third kappa shape index (κ3) is 3.66. The average Bonchev–Trinajstić information content (AvgIpc) is 2.27. The average molecular weight is 285 g/mol. The first-order chi connectivity index (χ1) is 7.65. The Labute approximate surface area is 103 Å². The highest BCUT2D eigenvalue weighted by atomic mass is 79.9. The number of pyridine rings is 1. The zero-order chi connectivity index (χ0) is 12.0. The molecule has 0 aliphatic heterocycles. The number of carbonyl (C=O) groups excluding carboxylic acids is 1. The molecule has 1 heterocycles. The van der Waals surface area contributed by atoms with Crippen LogP contribution in [0.1, 0.15) is 17.3 Å². The van der Waals surface area contributed by atoms with Crippen molar-refractivity contribution in [2.45, 2.75) is 6.92 Å². The van der Waals surface area contributed by atoms with E-state index in [2.05, 4.69) is 32.8 Å². The van der Waals surface area contributed by atoms with E-state index in [0.29, 0.717) is 29.1 Å². The molecule has 1 aromatic rings. The van der Waals surface area contributed by atoms with Crippen molar-refractivity contribution in [3.63, 3.8) is 0 Å². The van der Waals surface area contributed by atoms with Gasteiger partial charge in [0.15, 0.2) is 0 Å². The second kappa shape index (κ2) is 6.27. The summed E-state index contributed by atoms with van der Waals surface area (Å²) in [5, 5.41) is 2.69. The van der Waals surface area contributed by atoms with Gasteiger partial charge >= 0.3 is 0 Å². The van der Waals surface area contributed by atoms with Gasteiger partial charge in [-0.1, -0.05) is 22.5 Å². The maximum Gasteiger partial charge on any atom is 0.257 e. The maximum atomic E-state index is 11.8. The molecule has 1 rings (SSSR count). The van der Waals surface area contributed by atoms with Gasteiger partial charge in [0.05, 0.1) is 6.61 Å². The zero-order valence-corrected chi connectivity index (χ0v) is 10.6. The van der Waals surface area contributed by atoms with Crippen LogP contribution in [0, 0.1) is 0 Å². The minimum Gasteiger partial charge on any atom is -0.477 e. The summed E-state index contributed by atoms with van der Waals surface area (Å²) in [6.45, 7) is 6.33. The molecule has 0 fully saturated rings. The molecule has 0 saturated carbocycles. The van der Waals surface area contributed by atoms with Gasteiger partial charge in [0.1, 0.15) is 5.56 Å². The smallest absolute Gasteiger partial charge is 0.257 e. The number of halogens is 1. The van der Waals surface area contributed by atoms with Crippen LogP contribution >= 0.6 is 15.9 Å². The molecule has 0 bridgehead atoms. The molecule has 1 amide bonds. The summed E-state index contributed by atoms with van der Waals surface area (Å²) in [5.41, 5.74) is 0.429. The molecule has 0 saturated heterocycles. The fourth-order valence-corrected chi connectivity index (χ4v) is 1.23. The SMILES string of the molecule is C=C(Br)CNC(=O)c1cccnc1OCC. The molecule has 16 heavy (non-hydrogen) atoms. The number of hydrogen-bond donors (Lipinski definition) is 1. The molecule has 4 nitrogen and oxygen atoms in total. The molecular formula is C11H13BrN2O2. The number of ether oxygens (including phenoxy) is 1. The van der Waals surface area contributed by atoms with E-state index >= 15 is 0 Å². The lowest BCUT2D eigenvalue weighted by atomic mass is 10.2. The molecule has 0 aliphatic rings. The molecule has 86 valence electrons. The standard InChI is InChI=1S/C11H13BrN2O2/c1-3-16-11-9(5-4-6-13-11)10(15)14-7-8(2)12/h4-6H,2-3,7H2,1H3,(H,14,15). The summed E-state index contributed by atoms with van der Waals surface area (Å²) in [7, 11) is 0. The number of nitrogens with zero attached hydrogens (tertiary/aromatic N) is 1. The van der Waals surface area contributed by atoms with Crippen LogP contribution in [0.15, 0.2) is 29.4 Å². The summed E-state index contributed by atoms with van der Waals surface area (Å²) in [6.07, 6.45) is 1.59. The van der Waals surface area contributed by atoms with Gasteiger partial charge in [-0.3, -0.25) is 4.79 Å². The van der Waals surface area contributed by atoms with Crippen molar-refractivity contribution in [1.82, 2.24) is 10.3 Å². The van der Waals surface area contributed by atoms with Crippen molar-refractivity contribution in [1.29, 1.82) is 0 Å². The van der Waals surface area contributed by atoms with Crippen molar-refractivity contribution < 1.29 is 9.53 Å². The van der Waals surface area contributed by atoms with Gasteiger partial charge < -0.3 is 10.1 Å². The second-order valence-corrected chi connectivity index (χ2v) is 4.11. The van der Waals surface area contributed by atoms with Crippen molar-refractivity contribution >= 4 is 21.8 Å². The Balaban J connectivity index is 2.77. The Bertz CT molecular complexity index is 393. The van der Waals surface area contributed by atoms with E-state index in [-0.39, 0.29) is 5.91 Å². The summed E-state index contributed by atoms with van der Waals surface area (Å²) in [4.78, 5) is 15.8. The monoisotopic (exact) mass is 284 g/mol. The second-order valence-electron chi connectivity index (χ2n) is 2.99. The highest BCUT2D eigenvalue weighted by Gasteiger charge is 2.12. The quantitative estimate of drug-likeness (QED) is 0.901. The van der Waals surface area contributed by atoms with E-state index in [9.17, 15) is 4.79 Å². The Kier molecular flexibility index (Phi) is 4.98. The third-order valence-electron chi connectivity index (χ3n) is 1.74. The number of aromatic nitrogens is 1. The van der Waals surface area contributed by atoms with Gasteiger partial charge in [-0.15, -0.1) is 0 Å². The minimum atomic E-state index is -0.225. The zero-order valence-electron chi connectivity index (χ0n) is 9.00. The van der Waals surface area contributed by atoms with Crippen LogP contribution in [-0.4, -0.2) is 24.0 Å². The van der Waals surface area contributed by atoms with Gasteiger partial charge in [-0.05, 0) is 19.1 Å². The van der Waals surface area contributed by atoms with E-state index in [1.807, 2.05) is 6.92 Å². The lowest BCUT2D eigenvalue weighted by molar-refractivity contribution is 0.0953. The van der Waals surface area contributed by atoms with Crippen LogP contribution < -0.4 is 10.1 Å². The summed E-state index contributed by atoms with van der Waals surface area (Å²) >= 11 is 3.17. The summed E-state index contributed by atoms with van der Waals surface area (Å²) in [5.74, 6) is 0.125. The van der Waals surface area contributed by atoms with Crippen LogP contribution in [0.25, 0.3) is 0 Å². The largest absolute Gasteiger partial charge is 0.477 e. The number of nitrogens with one attached hydrogen (secondary N) is 1. The number of carbonyl (C=O) groups is 1. The van der Waals surface area contributed by atoms with Crippen LogP contribution in [0.2, 0.25) is 0 Å². The maximum absolute atomic E-state index is 11.8. The van der Waals surface area contributed by atoms with Crippen LogP contribution in [0.3, 0.4) is 0 Å². The van der Waals surface area contributed by atoms with Crippen LogP contribution in [0.4, 0.5) is 0 Å². The molecule has 5 heteroatoms. The third-order valence-corrected chi connectivity index (χ3v) is 2.02. The molecule has 0 spiro atoms. The van der Waals surface area contributed by atoms with Crippen LogP contribution in [0.5, 0.6) is 5.88 Å². The predicted molar refractivity (Wildman–Crippen MR) is 65.8 cm³/mol. The normalized spacial score (nSPS) is 9.62. The predicted octanol–water partition coefficient (Wildman–Crippen LogP) is 2.12. The fraction of sp³-hybridized carbons (Fsp3) is 0.273. The topological polar surface area (TPSA) is 51.2 Å². The fourth-order valence-electron chi connectivity index (χ4n) is 1.09. The first-order valence-electron chi connectivity index (χ1n) is 4.84. The van der Waals surface area contributed by atoms with Crippen molar-refractivity contribution in [3.8, 4) is 5.88 Å². The van der Waals surface area contributed by atoms with Crippen molar-refractivity contribution in [2.75, 3.05) is 13.2 Å². The Morgan fingerprint density at radius 1 is 1.69 bits per heavy atom. The Hall–Kier alpha value is -1.36. The molecular weight excluding hydrogens is 272 g/mol. The number of hydrogen-bond acceptors (Lipinski definition) is 3. The van der Waals surface area contributed by atoms with Gasteiger partial charge in [0, 0.05) is 17.2 Å². The van der Waals surface area contributed by atoms with E-state index in [1.54, 1.807) is 18.3 Å². The highest BCUT2D eigenvalue weighted by Crippen LogP contribution is 2.14. The molecule has 0 aromatic carbocycles. The van der Waals surface area contributed by atoms with E-state index in [1.165, 1.54) is 0 Å². The van der Waals surface area contributed by atoms with Crippen LogP contribution in [-0.2, 0) is 0 Å². The van der Waals surface area contributed by atoms with E-state index in [4.69, 9.17) is 4.74 Å². The molecule has 1 N–H and O–H groups in total. The van der Waals surface area contributed by atoms with Crippen molar-refractivity contribution in [3.05, 3.63) is 35.0 Å². The number of amides is 1. The minimum absolute atomic E-state index is 0.225. The first-order valence-corrected chi connectivity index (χ1v) is 5.63. The lowest BCUT2D eigenvalue weighted by Gasteiger charge is -2.08. The lowest BCUT2D eigenvalue weighted by Crippen LogP contribution is -2.25. The molecule has 0 aliphatic carbocycles. The summed E-state index contributed by atoms with van der Waals surface area (Å²) in [6, 6.07) is 3.37. The Morgan fingerprint density at radius 3 is 3.06 bits per heavy atom. The number of rotatable bonds is 5. The van der Waals surface area contributed by atoms with E-state index in [0.717, 1.165) is 0 Å².